The fourth-order valence-corrected chi connectivity index (χ4v) is 3.92. The maximum absolute atomic E-state index is 12.8. The molecule has 0 saturated heterocycles. The fourth-order valence-electron chi connectivity index (χ4n) is 3.92. The first-order valence-electron chi connectivity index (χ1n) is 9.93. The highest BCUT2D eigenvalue weighted by atomic mass is 16.5. The number of benzene rings is 1. The second-order valence-electron chi connectivity index (χ2n) is 7.34. The van der Waals surface area contributed by atoms with Crippen molar-refractivity contribution in [1.29, 1.82) is 0 Å². The zero-order valence-electron chi connectivity index (χ0n) is 16.2. The summed E-state index contributed by atoms with van der Waals surface area (Å²) in [5.74, 6) is 0.756. The van der Waals surface area contributed by atoms with Crippen molar-refractivity contribution in [3.05, 3.63) is 36.3 Å². The molecule has 1 aromatic carbocycles. The van der Waals surface area contributed by atoms with Gasteiger partial charge < -0.3 is 24.1 Å². The zero-order chi connectivity index (χ0) is 19.3. The molecule has 7 heteroatoms. The summed E-state index contributed by atoms with van der Waals surface area (Å²) in [6.45, 7) is 2.60. The number of imidazole rings is 1. The van der Waals surface area contributed by atoms with Crippen molar-refractivity contribution >= 4 is 5.91 Å². The number of hydrogen-bond donors (Lipinski definition) is 1. The monoisotopic (exact) mass is 385 g/mol. The van der Waals surface area contributed by atoms with Crippen molar-refractivity contribution in [2.24, 2.45) is 0 Å². The topological polar surface area (TPSA) is 74.6 Å². The van der Waals surface area contributed by atoms with Gasteiger partial charge in [0.15, 0.2) is 0 Å². The SMILES string of the molecule is COCCOC1CCC(NC(=O)c2ccc3c(c2)-c2cncn2CCO3)CC1. The highest BCUT2D eigenvalue weighted by Crippen LogP contribution is 2.33. The molecule has 28 heavy (non-hydrogen) atoms. The molecule has 150 valence electrons. The summed E-state index contributed by atoms with van der Waals surface area (Å²) in [5.41, 5.74) is 2.55. The van der Waals surface area contributed by atoms with Crippen LogP contribution in [-0.4, -0.2) is 54.5 Å². The summed E-state index contributed by atoms with van der Waals surface area (Å²) in [4.78, 5) is 17.0. The van der Waals surface area contributed by atoms with Crippen molar-refractivity contribution in [3.63, 3.8) is 0 Å². The maximum Gasteiger partial charge on any atom is 0.251 e. The molecule has 0 atom stereocenters. The molecule has 1 aliphatic carbocycles. The predicted octanol–water partition coefficient (Wildman–Crippen LogP) is 2.65. The quantitative estimate of drug-likeness (QED) is 0.774. The Morgan fingerprint density at radius 1 is 1.29 bits per heavy atom. The molecule has 0 bridgehead atoms. The molecule has 2 heterocycles. The van der Waals surface area contributed by atoms with Crippen molar-refractivity contribution in [1.82, 2.24) is 14.9 Å². The van der Waals surface area contributed by atoms with Gasteiger partial charge in [0.2, 0.25) is 0 Å². The normalized spacial score (nSPS) is 21.2. The molecule has 4 rings (SSSR count). The molecule has 7 nitrogen and oxygen atoms in total. The summed E-state index contributed by atoms with van der Waals surface area (Å²) < 4.78 is 18.7. The smallest absolute Gasteiger partial charge is 0.251 e. The number of nitrogens with one attached hydrogen (secondary N) is 1. The lowest BCUT2D eigenvalue weighted by Gasteiger charge is -2.29. The second-order valence-corrected chi connectivity index (χ2v) is 7.34. The predicted molar refractivity (Wildman–Crippen MR) is 104 cm³/mol. The standard InChI is InChI=1S/C21H27N3O4/c1-26-10-11-27-17-5-3-16(4-6-17)23-21(25)15-2-7-20-18(12-15)19-13-22-14-24(19)8-9-28-20/h2,7,12-14,16-17H,3-6,8-11H2,1H3,(H,23,25). The van der Waals surface area contributed by atoms with Crippen LogP contribution in [0.2, 0.25) is 0 Å². The van der Waals surface area contributed by atoms with E-state index >= 15 is 0 Å². The van der Waals surface area contributed by atoms with Gasteiger partial charge in [-0.3, -0.25) is 4.79 Å². The number of fused-ring (bicyclic) bond motifs is 3. The van der Waals surface area contributed by atoms with Gasteiger partial charge in [-0.2, -0.15) is 0 Å². The molecule has 1 saturated carbocycles. The van der Waals surface area contributed by atoms with E-state index in [0.717, 1.165) is 49.2 Å². The molecule has 0 radical (unpaired) electrons. The van der Waals surface area contributed by atoms with Gasteiger partial charge in [0.1, 0.15) is 12.4 Å². The Bertz CT molecular complexity index is 812. The van der Waals surface area contributed by atoms with E-state index in [1.54, 1.807) is 13.4 Å². The van der Waals surface area contributed by atoms with Crippen LogP contribution < -0.4 is 10.1 Å². The van der Waals surface area contributed by atoms with E-state index < -0.39 is 0 Å². The van der Waals surface area contributed by atoms with Crippen LogP contribution in [0.5, 0.6) is 5.75 Å². The Kier molecular flexibility index (Phi) is 5.92. The van der Waals surface area contributed by atoms with Crippen LogP contribution in [0.4, 0.5) is 0 Å². The van der Waals surface area contributed by atoms with Gasteiger partial charge in [0.25, 0.3) is 5.91 Å². The minimum Gasteiger partial charge on any atom is -0.491 e. The van der Waals surface area contributed by atoms with Crippen molar-refractivity contribution in [2.45, 2.75) is 44.4 Å². The molecule has 1 N–H and O–H groups in total. The van der Waals surface area contributed by atoms with Gasteiger partial charge in [-0.25, -0.2) is 4.98 Å². The Balaban J connectivity index is 1.38. The first-order chi connectivity index (χ1) is 13.7. The Morgan fingerprint density at radius 3 is 2.96 bits per heavy atom. The Labute approximate surface area is 165 Å². The van der Waals surface area contributed by atoms with Gasteiger partial charge in [-0.15, -0.1) is 0 Å². The maximum atomic E-state index is 12.8. The summed E-state index contributed by atoms with van der Waals surface area (Å²) in [7, 11) is 1.68. The van der Waals surface area contributed by atoms with Gasteiger partial charge in [-0.05, 0) is 43.9 Å². The Morgan fingerprint density at radius 2 is 2.14 bits per heavy atom. The minimum absolute atomic E-state index is 0.0399. The van der Waals surface area contributed by atoms with Crippen LogP contribution in [0.15, 0.2) is 30.7 Å². The molecule has 0 unspecified atom stereocenters. The lowest BCUT2D eigenvalue weighted by molar-refractivity contribution is -0.00408. The molecule has 1 aliphatic heterocycles. The number of aromatic nitrogens is 2. The zero-order valence-corrected chi connectivity index (χ0v) is 16.2. The third kappa shape index (κ3) is 4.20. The van der Waals surface area contributed by atoms with E-state index in [1.165, 1.54) is 0 Å². The first-order valence-corrected chi connectivity index (χ1v) is 9.93. The third-order valence-electron chi connectivity index (χ3n) is 5.47. The van der Waals surface area contributed by atoms with Crippen molar-refractivity contribution < 1.29 is 19.0 Å². The van der Waals surface area contributed by atoms with E-state index in [4.69, 9.17) is 14.2 Å². The summed E-state index contributed by atoms with van der Waals surface area (Å²) in [6, 6.07) is 5.81. The van der Waals surface area contributed by atoms with Gasteiger partial charge in [0, 0.05) is 24.3 Å². The average Bonchev–Trinajstić information content (AvgIpc) is 3.11. The number of amides is 1. The molecule has 1 amide bonds. The average molecular weight is 385 g/mol. The number of nitrogens with zero attached hydrogens (tertiary/aromatic N) is 2. The van der Waals surface area contributed by atoms with Crippen LogP contribution in [0.25, 0.3) is 11.3 Å². The van der Waals surface area contributed by atoms with E-state index in [9.17, 15) is 4.79 Å². The highest BCUT2D eigenvalue weighted by Gasteiger charge is 2.24. The summed E-state index contributed by atoms with van der Waals surface area (Å²) in [5, 5.41) is 3.18. The van der Waals surface area contributed by atoms with Crippen LogP contribution in [0.1, 0.15) is 36.0 Å². The van der Waals surface area contributed by atoms with Gasteiger partial charge in [-0.1, -0.05) is 0 Å². The van der Waals surface area contributed by atoms with Crippen LogP contribution >= 0.6 is 0 Å². The molecule has 0 spiro atoms. The molecular weight excluding hydrogens is 358 g/mol. The van der Waals surface area contributed by atoms with Crippen LogP contribution in [-0.2, 0) is 16.0 Å². The van der Waals surface area contributed by atoms with E-state index in [-0.39, 0.29) is 18.1 Å². The number of rotatable bonds is 6. The van der Waals surface area contributed by atoms with E-state index in [0.29, 0.717) is 25.4 Å². The number of ether oxygens (including phenoxy) is 3. The van der Waals surface area contributed by atoms with Gasteiger partial charge in [0.05, 0.1) is 44.1 Å². The number of carbonyl (C=O) groups is 1. The fraction of sp³-hybridized carbons (Fsp3) is 0.524. The molecule has 2 aromatic rings. The second kappa shape index (κ2) is 8.75. The first kappa shape index (κ1) is 19.0. The number of carbonyl (C=O) groups excluding carboxylic acids is 1. The van der Waals surface area contributed by atoms with Gasteiger partial charge >= 0.3 is 0 Å². The molecular formula is C21H27N3O4. The Hall–Kier alpha value is -2.38. The number of methoxy groups -OCH3 is 1. The van der Waals surface area contributed by atoms with E-state index in [1.807, 2.05) is 24.4 Å². The molecule has 1 fully saturated rings. The summed E-state index contributed by atoms with van der Waals surface area (Å²) in [6.07, 6.45) is 7.69. The van der Waals surface area contributed by atoms with Crippen LogP contribution in [0, 0.1) is 0 Å². The minimum atomic E-state index is -0.0399. The highest BCUT2D eigenvalue weighted by molar-refractivity contribution is 5.96. The van der Waals surface area contributed by atoms with E-state index in [2.05, 4.69) is 14.9 Å². The van der Waals surface area contributed by atoms with Crippen LogP contribution in [0.3, 0.4) is 0 Å². The lowest BCUT2D eigenvalue weighted by atomic mass is 9.92. The summed E-state index contributed by atoms with van der Waals surface area (Å²) >= 11 is 0. The largest absolute Gasteiger partial charge is 0.491 e. The van der Waals surface area contributed by atoms with Crippen molar-refractivity contribution in [3.8, 4) is 17.0 Å². The lowest BCUT2D eigenvalue weighted by Crippen LogP contribution is -2.39. The molecule has 1 aromatic heterocycles. The third-order valence-corrected chi connectivity index (χ3v) is 5.47. The molecule has 2 aliphatic rings. The number of hydrogen-bond acceptors (Lipinski definition) is 5. The van der Waals surface area contributed by atoms with Crippen molar-refractivity contribution in [2.75, 3.05) is 26.9 Å².